The van der Waals surface area contributed by atoms with Crippen molar-refractivity contribution in [3.8, 4) is 0 Å². The molecule has 0 heterocycles. The molecule has 0 radical (unpaired) electrons. The number of alkyl halides is 8. The molecule has 2 saturated carbocycles. The molecule has 0 aromatic heterocycles. The van der Waals surface area contributed by atoms with E-state index < -0.39 is 62.5 Å². The van der Waals surface area contributed by atoms with Crippen LogP contribution in [0.15, 0.2) is 23.5 Å². The Labute approximate surface area is 232 Å². The number of aliphatic hydroxyl groups is 1. The van der Waals surface area contributed by atoms with Crippen LogP contribution < -0.4 is 5.32 Å². The second-order valence-electron chi connectivity index (χ2n) is 12.3. The van der Waals surface area contributed by atoms with Gasteiger partial charge in [0.25, 0.3) is 0 Å². The van der Waals surface area contributed by atoms with Crippen molar-refractivity contribution in [1.82, 2.24) is 5.32 Å². The lowest BCUT2D eigenvalue weighted by molar-refractivity contribution is -0.315. The smallest absolute Gasteiger partial charge is 0.384 e. The van der Waals surface area contributed by atoms with E-state index in [4.69, 9.17) is 0 Å². The first-order valence-electron chi connectivity index (χ1n) is 13.4. The number of amides is 1. The van der Waals surface area contributed by atoms with Crippen molar-refractivity contribution in [2.45, 2.75) is 95.5 Å². The number of carbonyl (C=O) groups excluding carboxylic acids is 1. The number of carbonyl (C=O) groups is 1. The van der Waals surface area contributed by atoms with Crippen LogP contribution in [0.1, 0.15) is 65.7 Å². The number of halogens is 8. The summed E-state index contributed by atoms with van der Waals surface area (Å²) in [6.45, 7) is 4.79. The molecule has 2 N–H and O–H groups in total. The third kappa shape index (κ3) is 5.27. The zero-order valence-corrected chi connectivity index (χ0v) is 23.4. The normalized spacial score (nSPS) is 35.7. The van der Waals surface area contributed by atoms with Gasteiger partial charge in [0.1, 0.15) is 11.9 Å². The summed E-state index contributed by atoms with van der Waals surface area (Å²) in [5, 5.41) is 11.9. The zero-order chi connectivity index (χ0) is 31.0. The van der Waals surface area contributed by atoms with Gasteiger partial charge in [-0.2, -0.15) is 43.5 Å². The average molecular weight is 624 g/mol. The number of hydrogen-bond donors (Lipinski definition) is 2. The molecule has 8 atom stereocenters. The van der Waals surface area contributed by atoms with E-state index >= 15 is 0 Å². The van der Waals surface area contributed by atoms with Crippen molar-refractivity contribution in [1.29, 1.82) is 0 Å². The van der Waals surface area contributed by atoms with E-state index in [1.54, 1.807) is 0 Å². The molecular formula is C26H33F8NO5S. The van der Waals surface area contributed by atoms with Gasteiger partial charge in [-0.25, -0.2) is 0 Å². The molecule has 41 heavy (non-hydrogen) atoms. The molecule has 0 spiro atoms. The summed E-state index contributed by atoms with van der Waals surface area (Å²) in [5.74, 6) is -6.88. The highest BCUT2D eigenvalue weighted by atomic mass is 32.2. The minimum atomic E-state index is -5.98. The van der Waals surface area contributed by atoms with E-state index in [0.717, 1.165) is 6.92 Å². The van der Waals surface area contributed by atoms with Crippen LogP contribution in [0.5, 0.6) is 0 Å². The second-order valence-corrected chi connectivity index (χ2v) is 13.9. The minimum Gasteiger partial charge on any atom is -0.384 e. The fourth-order valence-corrected chi connectivity index (χ4v) is 8.38. The van der Waals surface area contributed by atoms with E-state index in [1.165, 1.54) is 6.08 Å². The van der Waals surface area contributed by atoms with Crippen LogP contribution in [0, 0.1) is 34.5 Å². The molecule has 4 aliphatic rings. The van der Waals surface area contributed by atoms with Gasteiger partial charge >= 0.3 is 27.7 Å². The molecule has 4 rings (SSSR count). The Morgan fingerprint density at radius 2 is 1.68 bits per heavy atom. The highest BCUT2D eigenvalue weighted by molar-refractivity contribution is 7.87. The van der Waals surface area contributed by atoms with Crippen molar-refractivity contribution in [3.63, 3.8) is 0 Å². The summed E-state index contributed by atoms with van der Waals surface area (Å²) >= 11 is 0. The van der Waals surface area contributed by atoms with Crippen molar-refractivity contribution < 1.29 is 57.6 Å². The predicted octanol–water partition coefficient (Wildman–Crippen LogP) is 5.99. The minimum absolute atomic E-state index is 0.00991. The third-order valence-electron chi connectivity index (χ3n) is 10.1. The maximum absolute atomic E-state index is 13.6. The molecule has 6 nitrogen and oxygen atoms in total. The Kier molecular flexibility index (Phi) is 7.88. The standard InChI is InChI=1S/C26H33F8NO5S/c1-13(20(36)24(27,28)25(29,30)31)35-21(37)19-7-6-17-16-5-4-14-12-15(40-41(38,39)26(32,33)34)8-10-22(14,2)18(16)9-11-23(17,19)3/h4,12-13,16-20,36H,5-11H2,1-3H3,(H,35,37)/t13?,16-,17-,18-,19+,20?,22-,23-/m0/s1. The van der Waals surface area contributed by atoms with Gasteiger partial charge in [-0.1, -0.05) is 19.9 Å². The molecule has 15 heteroatoms. The van der Waals surface area contributed by atoms with Crippen molar-refractivity contribution in [2.24, 2.45) is 34.5 Å². The van der Waals surface area contributed by atoms with E-state index in [1.807, 2.05) is 19.9 Å². The molecule has 0 aliphatic heterocycles. The fourth-order valence-electron chi connectivity index (χ4n) is 7.87. The van der Waals surface area contributed by atoms with E-state index in [9.17, 15) is 53.4 Å². The van der Waals surface area contributed by atoms with E-state index in [0.29, 0.717) is 44.1 Å². The number of aliphatic hydroxyl groups excluding tert-OH is 1. The molecule has 0 aromatic carbocycles. The Hall–Kier alpha value is -1.90. The molecule has 234 valence electrons. The Bertz CT molecular complexity index is 1230. The highest BCUT2D eigenvalue weighted by Crippen LogP contribution is 2.66. The van der Waals surface area contributed by atoms with Gasteiger partial charge in [-0.3, -0.25) is 4.79 Å². The number of hydrogen-bond acceptors (Lipinski definition) is 5. The first kappa shape index (κ1) is 32.0. The monoisotopic (exact) mass is 623 g/mol. The van der Waals surface area contributed by atoms with Gasteiger partial charge in [0.15, 0.2) is 0 Å². The summed E-state index contributed by atoms with van der Waals surface area (Å²) in [5.41, 5.74) is -5.90. The molecule has 0 bridgehead atoms. The predicted molar refractivity (Wildman–Crippen MR) is 129 cm³/mol. The maximum atomic E-state index is 13.6. The lowest BCUT2D eigenvalue weighted by Gasteiger charge is -2.56. The second kappa shape index (κ2) is 10.1. The Morgan fingerprint density at radius 3 is 2.27 bits per heavy atom. The van der Waals surface area contributed by atoms with Gasteiger partial charge in [0.05, 0.1) is 6.04 Å². The zero-order valence-electron chi connectivity index (χ0n) is 22.6. The van der Waals surface area contributed by atoms with Crippen LogP contribution >= 0.6 is 0 Å². The Morgan fingerprint density at radius 1 is 1.05 bits per heavy atom. The molecule has 4 aliphatic carbocycles. The fraction of sp³-hybridized carbons (Fsp3) is 0.808. The molecule has 1 amide bonds. The lowest BCUT2D eigenvalue weighted by atomic mass is 9.48. The van der Waals surface area contributed by atoms with Crippen LogP contribution in [0.3, 0.4) is 0 Å². The number of fused-ring (bicyclic) bond motifs is 5. The van der Waals surface area contributed by atoms with E-state index in [2.05, 4.69) is 9.50 Å². The summed E-state index contributed by atoms with van der Waals surface area (Å²) in [7, 11) is -5.79. The lowest BCUT2D eigenvalue weighted by Crippen LogP contribution is -2.58. The largest absolute Gasteiger partial charge is 0.534 e. The maximum Gasteiger partial charge on any atom is 0.534 e. The van der Waals surface area contributed by atoms with Gasteiger partial charge in [0.2, 0.25) is 5.91 Å². The van der Waals surface area contributed by atoms with Crippen molar-refractivity contribution in [2.75, 3.05) is 0 Å². The first-order valence-corrected chi connectivity index (χ1v) is 14.8. The van der Waals surface area contributed by atoms with Crippen LogP contribution in [-0.4, -0.2) is 49.2 Å². The average Bonchev–Trinajstić information content (AvgIpc) is 3.19. The number of nitrogens with one attached hydrogen (secondary N) is 1. The highest BCUT2D eigenvalue weighted by Gasteiger charge is 2.64. The summed E-state index contributed by atoms with van der Waals surface area (Å²) in [6.07, 6.45) is -2.88. The molecule has 2 fully saturated rings. The van der Waals surface area contributed by atoms with Crippen LogP contribution in [0.4, 0.5) is 35.1 Å². The first-order chi connectivity index (χ1) is 18.6. The molecule has 0 saturated heterocycles. The van der Waals surface area contributed by atoms with Crippen LogP contribution in [-0.2, 0) is 19.1 Å². The summed E-state index contributed by atoms with van der Waals surface area (Å²) in [6, 6.07) is -1.86. The summed E-state index contributed by atoms with van der Waals surface area (Å²) in [4.78, 5) is 13.2. The van der Waals surface area contributed by atoms with Crippen molar-refractivity contribution >= 4 is 16.0 Å². The SMILES string of the molecule is CC(NC(=O)[C@H]1CC[C@H]2[C@@H]3CC=C4C=C(OS(=O)(=O)C(F)(F)F)CC[C@]4(C)[C@H]3CC[C@]12C)C(O)C(F)(F)C(F)(F)F. The molecule has 0 aromatic rings. The van der Waals surface area contributed by atoms with Crippen LogP contribution in [0.25, 0.3) is 0 Å². The van der Waals surface area contributed by atoms with Crippen molar-refractivity contribution in [3.05, 3.63) is 23.5 Å². The third-order valence-corrected chi connectivity index (χ3v) is 11.1. The van der Waals surface area contributed by atoms with Crippen LogP contribution in [0.2, 0.25) is 0 Å². The molecule has 2 unspecified atom stereocenters. The van der Waals surface area contributed by atoms with Gasteiger partial charge < -0.3 is 14.6 Å². The number of allylic oxidation sites excluding steroid dienone is 4. The van der Waals surface area contributed by atoms with E-state index in [-0.39, 0.29) is 29.9 Å². The quantitative estimate of drug-likeness (QED) is 0.216. The van der Waals surface area contributed by atoms with Gasteiger partial charge in [0, 0.05) is 12.3 Å². The number of rotatable bonds is 6. The Balaban J connectivity index is 1.50. The van der Waals surface area contributed by atoms with Gasteiger partial charge in [-0.05, 0) is 85.7 Å². The summed E-state index contributed by atoms with van der Waals surface area (Å²) < 4.78 is 131. The van der Waals surface area contributed by atoms with Gasteiger partial charge in [-0.15, -0.1) is 0 Å². The molecular weight excluding hydrogens is 590 g/mol. The topological polar surface area (TPSA) is 92.7 Å².